The van der Waals surface area contributed by atoms with Crippen molar-refractivity contribution >= 4 is 22.5 Å². The van der Waals surface area contributed by atoms with Crippen molar-refractivity contribution < 1.29 is 14.6 Å². The van der Waals surface area contributed by atoms with Crippen LogP contribution in [0.15, 0.2) is 30.3 Å². The van der Waals surface area contributed by atoms with Gasteiger partial charge in [0.05, 0.1) is 31.0 Å². The summed E-state index contributed by atoms with van der Waals surface area (Å²) >= 11 is 0. The second-order valence-electron chi connectivity index (χ2n) is 11.0. The summed E-state index contributed by atoms with van der Waals surface area (Å²) in [5.41, 5.74) is 3.13. The molecule has 7 nitrogen and oxygen atoms in total. The molecular formula is C31H34N4O3. The number of nitrogens with zero attached hydrogens (tertiary/aromatic N) is 4. The Labute approximate surface area is 223 Å². The molecule has 1 saturated carbocycles. The first-order valence-corrected chi connectivity index (χ1v) is 13.8. The zero-order valence-electron chi connectivity index (χ0n) is 22.0. The summed E-state index contributed by atoms with van der Waals surface area (Å²) in [6, 6.07) is 9.09. The highest BCUT2D eigenvalue weighted by Gasteiger charge is 2.42. The van der Waals surface area contributed by atoms with E-state index in [-0.39, 0.29) is 17.1 Å². The Kier molecular flexibility index (Phi) is 6.35. The molecule has 0 radical (unpaired) electrons. The molecule has 0 atom stereocenters. The first-order valence-electron chi connectivity index (χ1n) is 13.8. The van der Waals surface area contributed by atoms with Crippen LogP contribution in [0.3, 0.4) is 0 Å². The summed E-state index contributed by atoms with van der Waals surface area (Å²) in [6.45, 7) is 5.50. The van der Waals surface area contributed by atoms with E-state index in [0.717, 1.165) is 54.8 Å². The van der Waals surface area contributed by atoms with Crippen molar-refractivity contribution in [3.63, 3.8) is 0 Å². The van der Waals surface area contributed by atoms with Crippen LogP contribution in [0.5, 0.6) is 11.8 Å². The lowest BCUT2D eigenvalue weighted by Gasteiger charge is -2.24. The largest absolute Gasteiger partial charge is 0.508 e. The van der Waals surface area contributed by atoms with Gasteiger partial charge in [-0.1, -0.05) is 37.8 Å². The molecule has 2 aliphatic heterocycles. The van der Waals surface area contributed by atoms with Crippen LogP contribution in [0, 0.1) is 17.8 Å². The molecule has 7 heteroatoms. The maximum atomic E-state index is 13.9. The molecule has 38 heavy (non-hydrogen) atoms. The van der Waals surface area contributed by atoms with E-state index in [1.807, 2.05) is 18.2 Å². The number of hydrogen-bond donors (Lipinski definition) is 1. The van der Waals surface area contributed by atoms with Gasteiger partial charge in [-0.15, -0.1) is 6.42 Å². The number of carbonyl (C=O) groups is 1. The Morgan fingerprint density at radius 1 is 1.13 bits per heavy atom. The van der Waals surface area contributed by atoms with Gasteiger partial charge in [0.2, 0.25) is 0 Å². The third-order valence-corrected chi connectivity index (χ3v) is 8.49. The second kappa shape index (κ2) is 9.83. The number of ether oxygens (including phenoxy) is 1. The van der Waals surface area contributed by atoms with E-state index in [1.54, 1.807) is 11.0 Å². The molecule has 0 unspecified atom stereocenters. The molecule has 1 aromatic heterocycles. The number of anilines is 1. The van der Waals surface area contributed by atoms with E-state index >= 15 is 0 Å². The first-order chi connectivity index (χ1) is 18.5. The van der Waals surface area contributed by atoms with Crippen molar-refractivity contribution in [2.24, 2.45) is 5.41 Å². The van der Waals surface area contributed by atoms with Gasteiger partial charge in [0.15, 0.2) is 0 Å². The third-order valence-electron chi connectivity index (χ3n) is 8.49. The maximum absolute atomic E-state index is 13.9. The van der Waals surface area contributed by atoms with Crippen LogP contribution in [-0.4, -0.2) is 45.6 Å². The second-order valence-corrected chi connectivity index (χ2v) is 11.0. The average Bonchev–Trinajstić information content (AvgIpc) is 3.67. The number of aromatic hydroxyl groups is 1. The summed E-state index contributed by atoms with van der Waals surface area (Å²) in [4.78, 5) is 27.8. The molecular weight excluding hydrogens is 476 g/mol. The van der Waals surface area contributed by atoms with Crippen LogP contribution in [0.1, 0.15) is 79.0 Å². The van der Waals surface area contributed by atoms with Crippen LogP contribution in [0.25, 0.3) is 10.8 Å². The molecule has 6 rings (SSSR count). The van der Waals surface area contributed by atoms with E-state index in [4.69, 9.17) is 21.1 Å². The number of benzene rings is 2. The van der Waals surface area contributed by atoms with E-state index < -0.39 is 0 Å². The minimum atomic E-state index is -0.182. The highest BCUT2D eigenvalue weighted by Crippen LogP contribution is 2.48. The quantitative estimate of drug-likeness (QED) is 0.446. The number of phenols is 1. The molecule has 1 saturated heterocycles. The van der Waals surface area contributed by atoms with E-state index in [9.17, 15) is 9.90 Å². The molecule has 0 spiro atoms. The Hall–Kier alpha value is -3.79. The average molecular weight is 511 g/mol. The molecule has 1 aliphatic carbocycles. The molecule has 2 fully saturated rings. The fourth-order valence-electron chi connectivity index (χ4n) is 5.83. The normalized spacial score (nSPS) is 18.1. The van der Waals surface area contributed by atoms with Crippen LogP contribution < -0.4 is 9.64 Å². The topological polar surface area (TPSA) is 78.8 Å². The van der Waals surface area contributed by atoms with Crippen molar-refractivity contribution in [1.29, 1.82) is 0 Å². The smallest absolute Gasteiger partial charge is 0.318 e. The summed E-state index contributed by atoms with van der Waals surface area (Å²) in [7, 11) is 0. The number of aromatic nitrogens is 2. The Morgan fingerprint density at radius 2 is 1.92 bits per heavy atom. The molecule has 0 bridgehead atoms. The van der Waals surface area contributed by atoms with Crippen molar-refractivity contribution in [2.75, 3.05) is 24.6 Å². The number of fused-ring (bicyclic) bond motifs is 2. The lowest BCUT2D eigenvalue weighted by atomic mass is 9.98. The molecule has 1 amide bonds. The highest BCUT2D eigenvalue weighted by atomic mass is 16.5. The number of phenolic OH excluding ortho intramolecular Hbond substituents is 1. The number of rotatable bonds is 6. The third kappa shape index (κ3) is 4.53. The predicted molar refractivity (Wildman–Crippen MR) is 147 cm³/mol. The van der Waals surface area contributed by atoms with E-state index in [2.05, 4.69) is 17.7 Å². The van der Waals surface area contributed by atoms with Gasteiger partial charge >= 0.3 is 6.01 Å². The van der Waals surface area contributed by atoms with Crippen molar-refractivity contribution in [1.82, 2.24) is 14.9 Å². The van der Waals surface area contributed by atoms with Crippen LogP contribution in [-0.2, 0) is 13.1 Å². The first kappa shape index (κ1) is 24.5. The van der Waals surface area contributed by atoms with Crippen LogP contribution in [0.4, 0.5) is 5.82 Å². The van der Waals surface area contributed by atoms with Gasteiger partial charge < -0.3 is 19.6 Å². The van der Waals surface area contributed by atoms with Crippen molar-refractivity contribution in [3.05, 3.63) is 52.7 Å². The fraction of sp³-hybridized carbons (Fsp3) is 0.452. The lowest BCUT2D eigenvalue weighted by Crippen LogP contribution is -2.28. The molecule has 196 valence electrons. The summed E-state index contributed by atoms with van der Waals surface area (Å²) in [5, 5.41) is 11.8. The number of hydrogen-bond acceptors (Lipinski definition) is 6. The molecule has 1 N–H and O–H groups in total. The monoisotopic (exact) mass is 510 g/mol. The van der Waals surface area contributed by atoms with Crippen LogP contribution in [0.2, 0.25) is 0 Å². The minimum Gasteiger partial charge on any atom is -0.508 e. The van der Waals surface area contributed by atoms with E-state index in [0.29, 0.717) is 42.2 Å². The maximum Gasteiger partial charge on any atom is 0.318 e. The Morgan fingerprint density at radius 3 is 2.63 bits per heavy atom. The zero-order valence-corrected chi connectivity index (χ0v) is 22.0. The Balaban J connectivity index is 1.35. The lowest BCUT2D eigenvalue weighted by molar-refractivity contribution is 0.0752. The summed E-state index contributed by atoms with van der Waals surface area (Å²) < 4.78 is 6.19. The van der Waals surface area contributed by atoms with Gasteiger partial charge in [-0.25, -0.2) is 0 Å². The molecule has 3 heterocycles. The van der Waals surface area contributed by atoms with Gasteiger partial charge in [0.1, 0.15) is 11.6 Å². The van der Waals surface area contributed by atoms with Crippen LogP contribution >= 0.6 is 0 Å². The number of terminal acetylenes is 1. The van der Waals surface area contributed by atoms with Crippen molar-refractivity contribution in [3.8, 4) is 24.1 Å². The van der Waals surface area contributed by atoms with Crippen molar-refractivity contribution in [2.45, 2.75) is 65.0 Å². The minimum absolute atomic E-state index is 0.0393. The highest BCUT2D eigenvalue weighted by molar-refractivity contribution is 6.09. The number of amides is 1. The summed E-state index contributed by atoms with van der Waals surface area (Å²) in [5.74, 6) is 3.45. The van der Waals surface area contributed by atoms with Gasteiger partial charge in [-0.3, -0.25) is 4.79 Å². The van der Waals surface area contributed by atoms with Gasteiger partial charge in [-0.05, 0) is 55.7 Å². The van der Waals surface area contributed by atoms with E-state index in [1.165, 1.54) is 31.7 Å². The molecule has 3 aromatic rings. The predicted octanol–water partition coefficient (Wildman–Crippen LogP) is 5.42. The number of carbonyl (C=O) groups excluding carboxylic acids is 1. The standard InChI is InChI=1S/C31H34N4O3/c1-3-21-10-9-11-22-16-23(36)17-24(27(21)22)29(37)35-18-25-26(19-35)32-30(38-20-31(4-2)12-13-31)33-28(25)34-14-7-5-6-8-15-34/h1,9-11,16-17,36H,4-8,12-15,18-20H2,2H3. The van der Waals surface area contributed by atoms with Gasteiger partial charge in [-0.2, -0.15) is 9.97 Å². The van der Waals surface area contributed by atoms with Gasteiger partial charge in [0, 0.05) is 35.0 Å². The summed E-state index contributed by atoms with van der Waals surface area (Å²) in [6.07, 6.45) is 13.9. The molecule has 2 aromatic carbocycles. The fourth-order valence-corrected chi connectivity index (χ4v) is 5.83. The SMILES string of the molecule is C#Cc1cccc2cc(O)cc(C(=O)N3Cc4nc(OCC5(CC)CC5)nc(N5CCCCCC5)c4C3)c12. The zero-order chi connectivity index (χ0) is 26.3. The Bertz CT molecular complexity index is 1430. The van der Waals surface area contributed by atoms with Gasteiger partial charge in [0.25, 0.3) is 5.91 Å². The molecule has 3 aliphatic rings.